The second-order valence-corrected chi connectivity index (χ2v) is 4.55. The van der Waals surface area contributed by atoms with Crippen molar-refractivity contribution in [2.24, 2.45) is 0 Å². The first-order valence-electron chi connectivity index (χ1n) is 6.42. The monoisotopic (exact) mass is 258 g/mol. The third-order valence-electron chi connectivity index (χ3n) is 3.11. The summed E-state index contributed by atoms with van der Waals surface area (Å²) in [6, 6.07) is -0.529. The van der Waals surface area contributed by atoms with E-state index in [-0.39, 0.29) is 24.6 Å². The zero-order chi connectivity index (χ0) is 13.5. The van der Waals surface area contributed by atoms with E-state index >= 15 is 0 Å². The van der Waals surface area contributed by atoms with Gasteiger partial charge in [0.05, 0.1) is 12.5 Å². The van der Waals surface area contributed by atoms with Gasteiger partial charge in [0.1, 0.15) is 0 Å². The zero-order valence-electron chi connectivity index (χ0n) is 11.0. The second-order valence-electron chi connectivity index (χ2n) is 4.55. The average molecular weight is 258 g/mol. The van der Waals surface area contributed by atoms with Crippen molar-refractivity contribution >= 4 is 12.0 Å². The van der Waals surface area contributed by atoms with Crippen molar-refractivity contribution in [2.45, 2.75) is 45.3 Å². The van der Waals surface area contributed by atoms with Crippen LogP contribution in [0.5, 0.6) is 0 Å². The number of carbonyl (C=O) groups is 2. The first-order chi connectivity index (χ1) is 8.54. The van der Waals surface area contributed by atoms with Crippen molar-refractivity contribution in [2.75, 3.05) is 19.7 Å². The number of carboxylic acids is 1. The summed E-state index contributed by atoms with van der Waals surface area (Å²) < 4.78 is 5.41. The Bertz CT molecular complexity index is 290. The predicted octanol–water partition coefficient (Wildman–Crippen LogP) is 1.06. The van der Waals surface area contributed by atoms with Gasteiger partial charge < -0.3 is 20.1 Å². The molecular formula is C12H22N2O4. The highest BCUT2D eigenvalue weighted by Crippen LogP contribution is 2.11. The molecule has 2 atom stereocenters. The van der Waals surface area contributed by atoms with E-state index in [4.69, 9.17) is 9.84 Å². The van der Waals surface area contributed by atoms with Crippen molar-refractivity contribution in [3.8, 4) is 0 Å². The molecule has 0 aromatic heterocycles. The molecule has 0 bridgehead atoms. The van der Waals surface area contributed by atoms with Gasteiger partial charge in [-0.1, -0.05) is 0 Å². The molecule has 2 amide bonds. The minimum Gasteiger partial charge on any atom is -0.481 e. The van der Waals surface area contributed by atoms with Crippen LogP contribution in [0.4, 0.5) is 4.79 Å². The molecule has 0 aromatic carbocycles. The first kappa shape index (κ1) is 14.8. The molecule has 2 N–H and O–H groups in total. The number of carboxylic acid groups (broad SMARTS) is 1. The Labute approximate surface area is 107 Å². The van der Waals surface area contributed by atoms with Crippen molar-refractivity contribution < 1.29 is 19.4 Å². The molecular weight excluding hydrogens is 236 g/mol. The molecule has 6 heteroatoms. The quantitative estimate of drug-likeness (QED) is 0.746. The number of hydrogen-bond donors (Lipinski definition) is 2. The van der Waals surface area contributed by atoms with E-state index in [1.807, 2.05) is 6.92 Å². The minimum atomic E-state index is -0.895. The third kappa shape index (κ3) is 4.52. The molecule has 1 aliphatic heterocycles. The molecule has 0 spiro atoms. The van der Waals surface area contributed by atoms with Crippen LogP contribution in [0.2, 0.25) is 0 Å². The van der Waals surface area contributed by atoms with E-state index < -0.39 is 5.97 Å². The highest BCUT2D eigenvalue weighted by molar-refractivity contribution is 5.75. The molecule has 0 radical (unpaired) electrons. The van der Waals surface area contributed by atoms with Crippen molar-refractivity contribution in [1.82, 2.24) is 10.2 Å². The lowest BCUT2D eigenvalue weighted by Crippen LogP contribution is -2.47. The molecule has 18 heavy (non-hydrogen) atoms. The van der Waals surface area contributed by atoms with Crippen molar-refractivity contribution in [3.05, 3.63) is 0 Å². The smallest absolute Gasteiger partial charge is 0.317 e. The van der Waals surface area contributed by atoms with Crippen LogP contribution in [0.15, 0.2) is 0 Å². The molecule has 1 saturated heterocycles. The average Bonchev–Trinajstić information content (AvgIpc) is 2.79. The molecule has 1 rings (SSSR count). The molecule has 104 valence electrons. The molecule has 6 nitrogen and oxygen atoms in total. The number of amides is 2. The Balaban J connectivity index is 2.37. The Morgan fingerprint density at radius 1 is 1.56 bits per heavy atom. The molecule has 0 aliphatic carbocycles. The van der Waals surface area contributed by atoms with Crippen LogP contribution < -0.4 is 5.32 Å². The standard InChI is InChI=1S/C12H22N2O4/c1-3-14(9(2)7-11(15)16)12(17)13-8-10-5-4-6-18-10/h9-10H,3-8H2,1-2H3,(H,13,17)(H,15,16). The number of ether oxygens (including phenoxy) is 1. The van der Waals surface area contributed by atoms with E-state index in [2.05, 4.69) is 5.32 Å². The topological polar surface area (TPSA) is 78.9 Å². The minimum absolute atomic E-state index is 0.0405. The van der Waals surface area contributed by atoms with Crippen LogP contribution in [0.1, 0.15) is 33.1 Å². The predicted molar refractivity (Wildman–Crippen MR) is 66.5 cm³/mol. The van der Waals surface area contributed by atoms with Gasteiger partial charge in [-0.25, -0.2) is 4.79 Å². The zero-order valence-corrected chi connectivity index (χ0v) is 11.0. The Morgan fingerprint density at radius 2 is 2.28 bits per heavy atom. The Morgan fingerprint density at radius 3 is 2.78 bits per heavy atom. The largest absolute Gasteiger partial charge is 0.481 e. The fraction of sp³-hybridized carbons (Fsp3) is 0.833. The summed E-state index contributed by atoms with van der Waals surface area (Å²) in [7, 11) is 0. The first-order valence-corrected chi connectivity index (χ1v) is 6.42. The van der Waals surface area contributed by atoms with E-state index in [9.17, 15) is 9.59 Å². The number of aliphatic carboxylic acids is 1. The van der Waals surface area contributed by atoms with Crippen LogP contribution in [-0.2, 0) is 9.53 Å². The number of hydrogen-bond acceptors (Lipinski definition) is 3. The van der Waals surface area contributed by atoms with Gasteiger partial charge in [0.15, 0.2) is 0 Å². The van der Waals surface area contributed by atoms with Crippen LogP contribution in [0, 0.1) is 0 Å². The summed E-state index contributed by atoms with van der Waals surface area (Å²) in [5.41, 5.74) is 0. The maximum atomic E-state index is 11.9. The fourth-order valence-electron chi connectivity index (χ4n) is 2.13. The summed E-state index contributed by atoms with van der Waals surface area (Å²) >= 11 is 0. The van der Waals surface area contributed by atoms with E-state index in [0.29, 0.717) is 13.1 Å². The molecule has 1 heterocycles. The molecule has 1 fully saturated rings. The number of nitrogens with one attached hydrogen (secondary N) is 1. The molecule has 1 aliphatic rings. The summed E-state index contributed by atoms with van der Waals surface area (Å²) in [6.45, 7) is 5.32. The van der Waals surface area contributed by atoms with E-state index in [1.165, 1.54) is 4.90 Å². The third-order valence-corrected chi connectivity index (χ3v) is 3.11. The number of urea groups is 1. The lowest BCUT2D eigenvalue weighted by Gasteiger charge is -2.27. The number of carbonyl (C=O) groups excluding carboxylic acids is 1. The van der Waals surface area contributed by atoms with Gasteiger partial charge in [-0.3, -0.25) is 4.79 Å². The summed E-state index contributed by atoms with van der Waals surface area (Å²) in [5.74, 6) is -0.895. The lowest BCUT2D eigenvalue weighted by molar-refractivity contribution is -0.138. The van der Waals surface area contributed by atoms with Crippen LogP contribution in [0.25, 0.3) is 0 Å². The van der Waals surface area contributed by atoms with Gasteiger partial charge in [0.2, 0.25) is 0 Å². The lowest BCUT2D eigenvalue weighted by atomic mass is 10.2. The van der Waals surface area contributed by atoms with Crippen molar-refractivity contribution in [1.29, 1.82) is 0 Å². The fourth-order valence-corrected chi connectivity index (χ4v) is 2.13. The van der Waals surface area contributed by atoms with Crippen LogP contribution in [0.3, 0.4) is 0 Å². The Kier molecular flexibility index (Phi) is 5.91. The molecule has 0 saturated carbocycles. The molecule has 2 unspecified atom stereocenters. The van der Waals surface area contributed by atoms with E-state index in [1.54, 1.807) is 6.92 Å². The van der Waals surface area contributed by atoms with Crippen molar-refractivity contribution in [3.63, 3.8) is 0 Å². The normalized spacial score (nSPS) is 20.4. The van der Waals surface area contributed by atoms with Gasteiger partial charge in [0.25, 0.3) is 0 Å². The maximum absolute atomic E-state index is 11.9. The number of nitrogens with zero attached hydrogens (tertiary/aromatic N) is 1. The van der Waals surface area contributed by atoms with E-state index in [0.717, 1.165) is 19.4 Å². The van der Waals surface area contributed by atoms with Gasteiger partial charge in [-0.05, 0) is 26.7 Å². The summed E-state index contributed by atoms with van der Waals surface area (Å²) in [5, 5.41) is 11.5. The molecule has 0 aromatic rings. The summed E-state index contributed by atoms with van der Waals surface area (Å²) in [4.78, 5) is 24.1. The highest BCUT2D eigenvalue weighted by Gasteiger charge is 2.22. The number of rotatable bonds is 6. The maximum Gasteiger partial charge on any atom is 0.317 e. The second kappa shape index (κ2) is 7.20. The van der Waals surface area contributed by atoms with Gasteiger partial charge >= 0.3 is 12.0 Å². The summed E-state index contributed by atoms with van der Waals surface area (Å²) in [6.07, 6.45) is 2.06. The van der Waals surface area contributed by atoms with Crippen LogP contribution >= 0.6 is 0 Å². The van der Waals surface area contributed by atoms with Crippen LogP contribution in [-0.4, -0.2) is 53.8 Å². The van der Waals surface area contributed by atoms with Gasteiger partial charge in [0, 0.05) is 25.7 Å². The van der Waals surface area contributed by atoms with Gasteiger partial charge in [-0.15, -0.1) is 0 Å². The van der Waals surface area contributed by atoms with Gasteiger partial charge in [-0.2, -0.15) is 0 Å². The highest BCUT2D eigenvalue weighted by atomic mass is 16.5. The SMILES string of the molecule is CCN(C(=O)NCC1CCCO1)C(C)CC(=O)O. The Hall–Kier alpha value is -1.30.